The molecule has 9 heteroatoms. The molecule has 0 unspecified atom stereocenters. The number of thioether (sulfide) groups is 1. The molecule has 0 saturated heterocycles. The summed E-state index contributed by atoms with van der Waals surface area (Å²) in [6.45, 7) is 4.33. The lowest BCUT2D eigenvalue weighted by Gasteiger charge is -2.19. The molecule has 3 rings (SSSR count). The highest BCUT2D eigenvalue weighted by Crippen LogP contribution is 2.39. The van der Waals surface area contributed by atoms with Gasteiger partial charge in [0.05, 0.1) is 6.61 Å². The van der Waals surface area contributed by atoms with Gasteiger partial charge in [0.2, 0.25) is 0 Å². The Bertz CT molecular complexity index is 1260. The van der Waals surface area contributed by atoms with Crippen LogP contribution in [-0.2, 0) is 0 Å². The normalized spacial score (nSPS) is 12.8. The van der Waals surface area contributed by atoms with Crippen LogP contribution in [0.1, 0.15) is 55.7 Å². The van der Waals surface area contributed by atoms with Gasteiger partial charge in [-0.3, -0.25) is 0 Å². The van der Waals surface area contributed by atoms with E-state index >= 15 is 0 Å². The number of hydrogen-bond acceptors (Lipinski definition) is 4. The molecule has 0 aliphatic heterocycles. The molecule has 0 amide bonds. The van der Waals surface area contributed by atoms with E-state index in [9.17, 15) is 27.1 Å². The highest BCUT2D eigenvalue weighted by molar-refractivity contribution is 7.99. The third-order valence-electron chi connectivity index (χ3n) is 7.05. The van der Waals surface area contributed by atoms with E-state index < -0.39 is 18.5 Å². The van der Waals surface area contributed by atoms with Crippen molar-refractivity contribution in [3.05, 3.63) is 95.6 Å². The van der Waals surface area contributed by atoms with Crippen molar-refractivity contribution in [3.63, 3.8) is 0 Å². The van der Waals surface area contributed by atoms with E-state index in [2.05, 4.69) is 36.1 Å². The Kier molecular flexibility index (Phi) is 13.4. The second kappa shape index (κ2) is 16.7. The molecule has 3 aromatic carbocycles. The van der Waals surface area contributed by atoms with Crippen molar-refractivity contribution in [2.45, 2.75) is 51.1 Å². The van der Waals surface area contributed by atoms with Crippen LogP contribution in [0.15, 0.2) is 78.9 Å². The molecule has 3 aromatic rings. The van der Waals surface area contributed by atoms with E-state index in [0.29, 0.717) is 12.4 Å². The van der Waals surface area contributed by atoms with Gasteiger partial charge >= 0.3 is 12.1 Å². The zero-order valence-corrected chi connectivity index (χ0v) is 25.5. The number of aromatic hydroxyl groups is 1. The van der Waals surface area contributed by atoms with E-state index in [4.69, 9.17) is 4.74 Å². The Hall–Kier alpha value is -3.04. The van der Waals surface area contributed by atoms with Gasteiger partial charge in [-0.15, -0.1) is 0 Å². The third kappa shape index (κ3) is 10.9. The van der Waals surface area contributed by atoms with Crippen molar-refractivity contribution in [3.8, 4) is 11.5 Å². The summed E-state index contributed by atoms with van der Waals surface area (Å²) >= 11 is 1.41. The number of alkyl halides is 5. The average Bonchev–Trinajstić information content (AvgIpc) is 2.98. The quantitative estimate of drug-likeness (QED) is 0.0925. The summed E-state index contributed by atoms with van der Waals surface area (Å²) in [5.41, 5.74) is 5.56. The Morgan fingerprint density at radius 2 is 1.35 bits per heavy atom. The minimum absolute atomic E-state index is 0.160. The zero-order valence-electron chi connectivity index (χ0n) is 24.7. The molecule has 0 aliphatic rings. The van der Waals surface area contributed by atoms with Crippen molar-refractivity contribution >= 4 is 22.9 Å². The monoisotopic (exact) mass is 621 g/mol. The minimum Gasteiger partial charge on any atom is -0.508 e. The van der Waals surface area contributed by atoms with Gasteiger partial charge in [0.1, 0.15) is 11.5 Å². The van der Waals surface area contributed by atoms with E-state index in [1.54, 1.807) is 12.1 Å². The molecule has 0 aromatic heterocycles. The number of hydrogen-bond donors (Lipinski definition) is 1. The van der Waals surface area contributed by atoms with E-state index in [0.717, 1.165) is 66.1 Å². The Morgan fingerprint density at radius 1 is 0.767 bits per heavy atom. The number of nitrogens with zero attached hydrogens (tertiary/aromatic N) is 1. The molecule has 0 atom stereocenters. The number of rotatable bonds is 17. The predicted octanol–water partition coefficient (Wildman–Crippen LogP) is 9.56. The molecule has 0 heterocycles. The third-order valence-corrected chi connectivity index (χ3v) is 8.21. The van der Waals surface area contributed by atoms with Gasteiger partial charge in [0.15, 0.2) is 0 Å². The average molecular weight is 622 g/mol. The maximum atomic E-state index is 12.9. The fourth-order valence-electron chi connectivity index (χ4n) is 4.74. The predicted molar refractivity (Wildman–Crippen MR) is 167 cm³/mol. The fourth-order valence-corrected chi connectivity index (χ4v) is 5.62. The van der Waals surface area contributed by atoms with Crippen LogP contribution >= 0.6 is 11.8 Å². The lowest BCUT2D eigenvalue weighted by atomic mass is 9.88. The van der Waals surface area contributed by atoms with E-state index in [1.807, 2.05) is 49.5 Å². The Labute approximate surface area is 255 Å². The van der Waals surface area contributed by atoms with Gasteiger partial charge in [0.25, 0.3) is 0 Å². The molecule has 0 radical (unpaired) electrons. The first-order valence-electron chi connectivity index (χ1n) is 14.5. The number of benzene rings is 3. The van der Waals surface area contributed by atoms with Gasteiger partial charge < -0.3 is 14.7 Å². The van der Waals surface area contributed by atoms with Gasteiger partial charge in [0, 0.05) is 13.0 Å². The second-order valence-corrected chi connectivity index (χ2v) is 11.6. The first-order chi connectivity index (χ1) is 20.5. The molecule has 43 heavy (non-hydrogen) atoms. The van der Waals surface area contributed by atoms with Crippen LogP contribution in [0.2, 0.25) is 0 Å². The molecule has 1 N–H and O–H groups in total. The number of ether oxygens (including phenoxy) is 1. The molecule has 234 valence electrons. The molecule has 0 aliphatic carbocycles. The van der Waals surface area contributed by atoms with Crippen molar-refractivity contribution in [1.82, 2.24) is 4.90 Å². The van der Waals surface area contributed by atoms with E-state index in [-0.39, 0.29) is 12.2 Å². The number of phenols is 1. The first-order valence-corrected chi connectivity index (χ1v) is 15.7. The highest BCUT2D eigenvalue weighted by Gasteiger charge is 2.56. The van der Waals surface area contributed by atoms with Gasteiger partial charge in [-0.05, 0) is 103 Å². The summed E-state index contributed by atoms with van der Waals surface area (Å²) in [5, 5.41) is 9.83. The van der Waals surface area contributed by atoms with Crippen LogP contribution in [0.5, 0.6) is 11.5 Å². The van der Waals surface area contributed by atoms with Gasteiger partial charge in [-0.1, -0.05) is 61.5 Å². The Morgan fingerprint density at radius 3 is 1.95 bits per heavy atom. The standard InChI is InChI=1S/C34H40F5NO2S/c1-3-31(26-10-5-4-6-11-26)32(27-12-16-29(41)17-13-27)28-14-18-30(19-15-28)42-23-8-21-40(2)22-9-25-43-24-7-20-33(35,36)34(37,38)39/h4-6,10-19,41H,3,7-9,20-25H2,1-2H3/b32-31+. The summed E-state index contributed by atoms with van der Waals surface area (Å²) < 4.78 is 68.5. The summed E-state index contributed by atoms with van der Waals surface area (Å²) in [5.74, 6) is -2.59. The number of phenolic OH excluding ortho intramolecular Hbond substituents is 1. The minimum atomic E-state index is -5.47. The molecule has 3 nitrogen and oxygen atoms in total. The van der Waals surface area contributed by atoms with Gasteiger partial charge in [-0.25, -0.2) is 0 Å². The van der Waals surface area contributed by atoms with Crippen LogP contribution in [-0.4, -0.2) is 60.4 Å². The van der Waals surface area contributed by atoms with Crippen molar-refractivity contribution in [2.24, 2.45) is 0 Å². The summed E-state index contributed by atoms with van der Waals surface area (Å²) in [6.07, 6.45) is -4.29. The fraction of sp³-hybridized carbons (Fsp3) is 0.412. The Balaban J connectivity index is 1.45. The second-order valence-electron chi connectivity index (χ2n) is 10.4. The summed E-state index contributed by atoms with van der Waals surface area (Å²) in [6, 6.07) is 25.6. The lowest BCUT2D eigenvalue weighted by Crippen LogP contribution is -2.36. The molecule has 0 fully saturated rings. The van der Waals surface area contributed by atoms with Crippen molar-refractivity contribution in [2.75, 3.05) is 38.2 Å². The molecular formula is C34H40F5NO2S. The summed E-state index contributed by atoms with van der Waals surface area (Å²) in [4.78, 5) is 2.16. The zero-order chi connectivity index (χ0) is 31.3. The van der Waals surface area contributed by atoms with Crippen LogP contribution in [0.4, 0.5) is 22.0 Å². The maximum Gasteiger partial charge on any atom is 0.453 e. The number of halogens is 5. The molecule has 0 spiro atoms. The highest BCUT2D eigenvalue weighted by atomic mass is 32.2. The smallest absolute Gasteiger partial charge is 0.453 e. The van der Waals surface area contributed by atoms with Crippen LogP contribution in [0.3, 0.4) is 0 Å². The van der Waals surface area contributed by atoms with E-state index in [1.165, 1.54) is 17.3 Å². The molecule has 0 saturated carbocycles. The molecule has 0 bridgehead atoms. The van der Waals surface area contributed by atoms with Crippen molar-refractivity contribution < 1.29 is 31.8 Å². The largest absolute Gasteiger partial charge is 0.508 e. The van der Waals surface area contributed by atoms with Crippen LogP contribution in [0.25, 0.3) is 11.1 Å². The first kappa shape index (κ1) is 34.5. The summed E-state index contributed by atoms with van der Waals surface area (Å²) in [7, 11) is 2.00. The topological polar surface area (TPSA) is 32.7 Å². The SMILES string of the molecule is CC/C(=C(/c1ccc(O)cc1)c1ccc(OCCCN(C)CCCSCCCC(F)(F)C(F)(F)F)cc1)c1ccccc1. The van der Waals surface area contributed by atoms with Crippen LogP contribution in [0, 0.1) is 0 Å². The number of allylic oxidation sites excluding steroid dienone is 1. The van der Waals surface area contributed by atoms with Gasteiger partial charge in [-0.2, -0.15) is 33.7 Å². The molecular weight excluding hydrogens is 581 g/mol. The van der Waals surface area contributed by atoms with Crippen LogP contribution < -0.4 is 4.74 Å². The maximum absolute atomic E-state index is 12.9. The lowest BCUT2D eigenvalue weighted by molar-refractivity contribution is -0.284. The van der Waals surface area contributed by atoms with Crippen molar-refractivity contribution in [1.29, 1.82) is 0 Å².